The van der Waals surface area contributed by atoms with Crippen molar-refractivity contribution in [2.75, 3.05) is 13.7 Å². The van der Waals surface area contributed by atoms with Gasteiger partial charge in [-0.3, -0.25) is 5.10 Å². The molecule has 0 saturated heterocycles. The lowest BCUT2D eigenvalue weighted by Gasteiger charge is -2.09. The van der Waals surface area contributed by atoms with E-state index in [-0.39, 0.29) is 0 Å². The van der Waals surface area contributed by atoms with E-state index in [1.165, 1.54) is 0 Å². The maximum absolute atomic E-state index is 5.48. The molecule has 0 bridgehead atoms. The number of aromatic amines is 1. The highest BCUT2D eigenvalue weighted by atomic mass is 32.1. The van der Waals surface area contributed by atoms with Crippen LogP contribution < -0.4 is 9.47 Å². The molecule has 1 N–H and O–H groups in total. The Labute approximate surface area is 145 Å². The summed E-state index contributed by atoms with van der Waals surface area (Å²) in [4.78, 5) is 4.46. The minimum absolute atomic E-state index is 0.343. The van der Waals surface area contributed by atoms with Crippen molar-refractivity contribution in [3.05, 3.63) is 53.3 Å². The minimum atomic E-state index is 0.343. The lowest BCUT2D eigenvalue weighted by molar-refractivity contribution is 0.340. The summed E-state index contributed by atoms with van der Waals surface area (Å²) in [5, 5.41) is 7.15. The molecule has 2 aromatic carbocycles. The highest BCUT2D eigenvalue weighted by Crippen LogP contribution is 2.30. The summed E-state index contributed by atoms with van der Waals surface area (Å²) in [6.07, 6.45) is 0. The molecule has 5 nitrogen and oxygen atoms in total. The van der Waals surface area contributed by atoms with E-state index in [4.69, 9.17) is 21.7 Å². The van der Waals surface area contributed by atoms with Crippen LogP contribution >= 0.6 is 12.2 Å². The summed E-state index contributed by atoms with van der Waals surface area (Å²) in [7, 11) is 1.64. The van der Waals surface area contributed by atoms with Gasteiger partial charge in [-0.05, 0) is 67.7 Å². The average molecular weight is 339 g/mol. The molecule has 3 rings (SSSR count). The third-order valence-electron chi connectivity index (χ3n) is 3.50. The Hall–Kier alpha value is -2.73. The maximum Gasteiger partial charge on any atom is 0.214 e. The van der Waals surface area contributed by atoms with Crippen molar-refractivity contribution in [3.63, 3.8) is 0 Å². The van der Waals surface area contributed by atoms with Gasteiger partial charge in [0, 0.05) is 11.1 Å². The number of aromatic nitrogens is 3. The molecule has 0 aliphatic heterocycles. The molecule has 122 valence electrons. The Bertz CT molecular complexity index is 874. The first kappa shape index (κ1) is 16.1. The Morgan fingerprint density at radius 3 is 2.08 bits per heavy atom. The van der Waals surface area contributed by atoms with E-state index in [1.807, 2.05) is 55.5 Å². The zero-order chi connectivity index (χ0) is 16.9. The Morgan fingerprint density at radius 2 is 1.50 bits per heavy atom. The molecule has 0 unspecified atom stereocenters. The maximum atomic E-state index is 5.48. The molecule has 0 fully saturated rings. The molecule has 0 spiro atoms. The number of nitrogens with zero attached hydrogens (tertiary/aromatic N) is 2. The van der Waals surface area contributed by atoms with Crippen LogP contribution in [0.3, 0.4) is 0 Å². The number of ether oxygens (including phenoxy) is 2. The number of benzene rings is 2. The van der Waals surface area contributed by atoms with E-state index in [2.05, 4.69) is 15.2 Å². The van der Waals surface area contributed by atoms with Gasteiger partial charge < -0.3 is 9.47 Å². The van der Waals surface area contributed by atoms with Gasteiger partial charge in [0.15, 0.2) is 0 Å². The molecule has 0 aliphatic rings. The smallest absolute Gasteiger partial charge is 0.214 e. The van der Waals surface area contributed by atoms with Crippen molar-refractivity contribution < 1.29 is 9.47 Å². The van der Waals surface area contributed by atoms with Crippen molar-refractivity contribution in [1.82, 2.24) is 15.2 Å². The zero-order valence-electron chi connectivity index (χ0n) is 13.4. The third-order valence-corrected chi connectivity index (χ3v) is 3.69. The molecule has 3 aromatic rings. The predicted octanol–water partition coefficient (Wildman–Crippen LogP) is 4.28. The summed E-state index contributed by atoms with van der Waals surface area (Å²) >= 11 is 5.14. The number of hydrogen-bond acceptors (Lipinski definition) is 5. The van der Waals surface area contributed by atoms with Crippen molar-refractivity contribution in [2.24, 2.45) is 0 Å². The second kappa shape index (κ2) is 7.23. The number of H-pyrrole nitrogens is 1. The van der Waals surface area contributed by atoms with Crippen LogP contribution in [-0.2, 0) is 0 Å². The average Bonchev–Trinajstić information content (AvgIpc) is 2.63. The molecule has 0 amide bonds. The first-order valence-corrected chi connectivity index (χ1v) is 7.96. The van der Waals surface area contributed by atoms with Gasteiger partial charge in [-0.2, -0.15) is 5.10 Å². The second-order valence-electron chi connectivity index (χ2n) is 5.02. The molecular weight excluding hydrogens is 322 g/mol. The summed E-state index contributed by atoms with van der Waals surface area (Å²) in [5.74, 6) is 1.61. The Kier molecular flexibility index (Phi) is 4.86. The van der Waals surface area contributed by atoms with Crippen LogP contribution in [0, 0.1) is 4.77 Å². The van der Waals surface area contributed by atoms with Gasteiger partial charge in [0.25, 0.3) is 0 Å². The number of rotatable bonds is 5. The predicted molar refractivity (Wildman–Crippen MR) is 95.8 cm³/mol. The topological polar surface area (TPSA) is 60.0 Å². The first-order chi connectivity index (χ1) is 11.7. The van der Waals surface area contributed by atoms with Gasteiger partial charge in [-0.15, -0.1) is 0 Å². The van der Waals surface area contributed by atoms with Gasteiger partial charge in [0.1, 0.15) is 22.9 Å². The highest BCUT2D eigenvalue weighted by molar-refractivity contribution is 7.71. The monoisotopic (exact) mass is 339 g/mol. The normalized spacial score (nSPS) is 10.4. The van der Waals surface area contributed by atoms with Crippen LogP contribution in [0.1, 0.15) is 6.92 Å². The molecule has 6 heteroatoms. The highest BCUT2D eigenvalue weighted by Gasteiger charge is 2.12. The fourth-order valence-corrected chi connectivity index (χ4v) is 2.50. The van der Waals surface area contributed by atoms with Crippen molar-refractivity contribution in [3.8, 4) is 34.0 Å². The zero-order valence-corrected chi connectivity index (χ0v) is 14.3. The number of methoxy groups -OCH3 is 1. The van der Waals surface area contributed by atoms with Gasteiger partial charge in [-0.1, -0.05) is 0 Å². The molecule has 0 saturated carbocycles. The van der Waals surface area contributed by atoms with Gasteiger partial charge in [0.2, 0.25) is 4.77 Å². The van der Waals surface area contributed by atoms with Crippen LogP contribution in [0.15, 0.2) is 48.5 Å². The van der Waals surface area contributed by atoms with E-state index in [0.29, 0.717) is 11.4 Å². The lowest BCUT2D eigenvalue weighted by Crippen LogP contribution is -1.97. The van der Waals surface area contributed by atoms with E-state index < -0.39 is 0 Å². The molecule has 24 heavy (non-hydrogen) atoms. The lowest BCUT2D eigenvalue weighted by atomic mass is 10.0. The second-order valence-corrected chi connectivity index (χ2v) is 5.41. The van der Waals surface area contributed by atoms with Crippen molar-refractivity contribution >= 4 is 12.2 Å². The molecule has 1 aromatic heterocycles. The fourth-order valence-electron chi connectivity index (χ4n) is 2.36. The van der Waals surface area contributed by atoms with Gasteiger partial charge in [0.05, 0.1) is 13.7 Å². The summed E-state index contributed by atoms with van der Waals surface area (Å²) in [5.41, 5.74) is 3.32. The quantitative estimate of drug-likeness (QED) is 0.703. The standard InChI is InChI=1S/C18H17N3O2S/c1-3-23-15-10-6-13(7-11-15)17-16(19-18(24)21-20-17)12-4-8-14(22-2)9-5-12/h4-11H,3H2,1-2H3,(H,19,21,24). The van der Waals surface area contributed by atoms with Gasteiger partial charge >= 0.3 is 0 Å². The number of nitrogens with one attached hydrogen (secondary N) is 1. The summed E-state index contributed by atoms with van der Waals surface area (Å²) in [6.45, 7) is 2.59. The van der Waals surface area contributed by atoms with Crippen molar-refractivity contribution in [1.29, 1.82) is 0 Å². The largest absolute Gasteiger partial charge is 0.497 e. The van der Waals surface area contributed by atoms with E-state index in [9.17, 15) is 0 Å². The first-order valence-electron chi connectivity index (χ1n) is 7.55. The Morgan fingerprint density at radius 1 is 0.917 bits per heavy atom. The summed E-state index contributed by atoms with van der Waals surface area (Å²) < 4.78 is 11.0. The third kappa shape index (κ3) is 3.44. The molecule has 0 aliphatic carbocycles. The SMILES string of the molecule is CCOc1ccc(-c2n[nH]c(=S)nc2-c2ccc(OC)cc2)cc1. The van der Waals surface area contributed by atoms with Crippen LogP contribution in [-0.4, -0.2) is 28.9 Å². The van der Waals surface area contributed by atoms with Crippen LogP contribution in [0.4, 0.5) is 0 Å². The molecule has 0 atom stereocenters. The fraction of sp³-hybridized carbons (Fsp3) is 0.167. The van der Waals surface area contributed by atoms with E-state index in [1.54, 1.807) is 7.11 Å². The van der Waals surface area contributed by atoms with Gasteiger partial charge in [-0.25, -0.2) is 4.98 Å². The number of hydrogen-bond donors (Lipinski definition) is 1. The van der Waals surface area contributed by atoms with Crippen LogP contribution in [0.5, 0.6) is 11.5 Å². The van der Waals surface area contributed by atoms with E-state index in [0.717, 1.165) is 34.0 Å². The minimum Gasteiger partial charge on any atom is -0.497 e. The summed E-state index contributed by atoms with van der Waals surface area (Å²) in [6, 6.07) is 15.4. The molecule has 1 heterocycles. The molecule has 0 radical (unpaired) electrons. The van der Waals surface area contributed by atoms with Crippen molar-refractivity contribution in [2.45, 2.75) is 6.92 Å². The van der Waals surface area contributed by atoms with Crippen LogP contribution in [0.25, 0.3) is 22.5 Å². The van der Waals surface area contributed by atoms with Crippen LogP contribution in [0.2, 0.25) is 0 Å². The Balaban J connectivity index is 2.06. The molecular formula is C18H17N3O2S. The van der Waals surface area contributed by atoms with E-state index >= 15 is 0 Å².